The van der Waals surface area contributed by atoms with Crippen LogP contribution in [0.4, 0.5) is 0 Å². The highest BCUT2D eigenvalue weighted by Crippen LogP contribution is 2.17. The van der Waals surface area contributed by atoms with Crippen molar-refractivity contribution in [2.24, 2.45) is 5.73 Å². The van der Waals surface area contributed by atoms with Gasteiger partial charge in [-0.2, -0.15) is 0 Å². The Kier molecular flexibility index (Phi) is 3.62. The maximum atomic E-state index is 11.5. The summed E-state index contributed by atoms with van der Waals surface area (Å²) in [6, 6.07) is 4.80. The lowest BCUT2D eigenvalue weighted by Gasteiger charge is -2.06. The summed E-state index contributed by atoms with van der Waals surface area (Å²) < 4.78 is 0. The summed E-state index contributed by atoms with van der Waals surface area (Å²) in [7, 11) is 0. The Bertz CT molecular complexity index is 404. The number of benzene rings is 1. The summed E-state index contributed by atoms with van der Waals surface area (Å²) in [6.07, 6.45) is 0. The van der Waals surface area contributed by atoms with E-state index in [0.717, 1.165) is 5.56 Å². The van der Waals surface area contributed by atoms with Crippen LogP contribution in [0, 0.1) is 6.92 Å². The molecule has 0 unspecified atom stereocenters. The van der Waals surface area contributed by atoms with Gasteiger partial charge in [-0.15, -0.1) is 0 Å². The molecule has 15 heavy (non-hydrogen) atoms. The maximum Gasteiger partial charge on any atom is 0.255 e. The summed E-state index contributed by atoms with van der Waals surface area (Å²) in [6.45, 7) is 1.96. The second-order valence-corrected chi connectivity index (χ2v) is 3.69. The number of phenolic OH excluding ortho intramolecular Hbond substituents is 1. The van der Waals surface area contributed by atoms with Gasteiger partial charge in [-0.3, -0.25) is 4.79 Å². The van der Waals surface area contributed by atoms with Crippen molar-refractivity contribution in [1.82, 2.24) is 5.32 Å². The van der Waals surface area contributed by atoms with Crippen molar-refractivity contribution in [3.05, 3.63) is 29.3 Å². The van der Waals surface area contributed by atoms with Crippen LogP contribution < -0.4 is 11.1 Å². The van der Waals surface area contributed by atoms with Crippen LogP contribution in [0.5, 0.6) is 5.75 Å². The summed E-state index contributed by atoms with van der Waals surface area (Å²) in [4.78, 5) is 11.7. The normalized spacial score (nSPS) is 9.67. The van der Waals surface area contributed by atoms with Gasteiger partial charge in [0.2, 0.25) is 0 Å². The van der Waals surface area contributed by atoms with E-state index >= 15 is 0 Å². The topological polar surface area (TPSA) is 75.3 Å². The first-order valence-corrected chi connectivity index (χ1v) is 4.77. The molecule has 0 saturated carbocycles. The number of rotatable bonds is 3. The molecule has 4 nitrogen and oxygen atoms in total. The van der Waals surface area contributed by atoms with E-state index in [4.69, 9.17) is 5.73 Å². The minimum atomic E-state index is -0.385. The van der Waals surface area contributed by atoms with Gasteiger partial charge >= 0.3 is 0 Å². The predicted molar refractivity (Wildman–Crippen MR) is 62.0 cm³/mol. The fourth-order valence-corrected chi connectivity index (χ4v) is 1.17. The Hall–Kier alpha value is -1.62. The van der Waals surface area contributed by atoms with Crippen LogP contribution in [0.25, 0.3) is 0 Å². The molecule has 0 aromatic heterocycles. The summed E-state index contributed by atoms with van der Waals surface area (Å²) in [5.74, 6) is -0.440. The molecule has 1 amide bonds. The zero-order valence-corrected chi connectivity index (χ0v) is 9.10. The van der Waals surface area contributed by atoms with Gasteiger partial charge in [-0.25, -0.2) is 0 Å². The monoisotopic (exact) mass is 224 g/mol. The van der Waals surface area contributed by atoms with Gasteiger partial charge in [0.15, 0.2) is 0 Å². The van der Waals surface area contributed by atoms with Gasteiger partial charge in [0.1, 0.15) is 5.75 Å². The van der Waals surface area contributed by atoms with Crippen molar-refractivity contribution in [3.63, 3.8) is 0 Å². The van der Waals surface area contributed by atoms with E-state index in [2.05, 4.69) is 17.5 Å². The van der Waals surface area contributed by atoms with Crippen molar-refractivity contribution in [2.75, 3.05) is 6.54 Å². The Balaban J connectivity index is 2.81. The number of carbonyl (C=O) groups is 1. The van der Waals surface area contributed by atoms with E-state index in [1.165, 1.54) is 6.07 Å². The number of hydrogen-bond donors (Lipinski definition) is 3. The average Bonchev–Trinajstić information content (AvgIpc) is 2.18. The van der Waals surface area contributed by atoms with Gasteiger partial charge in [0, 0.05) is 0 Å². The number of carbonyl (C=O) groups excluding carboxylic acids is 1. The van der Waals surface area contributed by atoms with Crippen molar-refractivity contribution in [1.29, 1.82) is 0 Å². The van der Waals surface area contributed by atoms with E-state index in [1.807, 2.05) is 6.92 Å². The minimum absolute atomic E-state index is 0.0546. The second kappa shape index (κ2) is 4.75. The fourth-order valence-electron chi connectivity index (χ4n) is 1.09. The Morgan fingerprint density at radius 3 is 2.87 bits per heavy atom. The van der Waals surface area contributed by atoms with Crippen LogP contribution in [0.1, 0.15) is 15.9 Å². The van der Waals surface area contributed by atoms with Crippen LogP contribution in [0.3, 0.4) is 0 Å². The number of amides is 1. The predicted octanol–water partition coefficient (Wildman–Crippen LogP) is 0.717. The molecular weight excluding hydrogens is 212 g/mol. The molecule has 0 aliphatic heterocycles. The zero-order valence-electron chi connectivity index (χ0n) is 8.28. The van der Waals surface area contributed by atoms with Crippen LogP contribution in [0.15, 0.2) is 18.2 Å². The van der Waals surface area contributed by atoms with Gasteiger partial charge in [0.25, 0.3) is 5.91 Å². The van der Waals surface area contributed by atoms with Gasteiger partial charge in [-0.1, -0.05) is 23.8 Å². The van der Waals surface area contributed by atoms with E-state index in [9.17, 15) is 9.90 Å². The number of aryl methyl sites for hydroxylation is 1. The lowest BCUT2D eigenvalue weighted by atomic mass is 10.1. The molecular formula is C10H12N2O2S. The summed E-state index contributed by atoms with van der Waals surface area (Å²) in [5, 5.41) is 11.9. The molecule has 5 heteroatoms. The number of nitrogens with two attached hydrogens (primary N) is 1. The van der Waals surface area contributed by atoms with Crippen molar-refractivity contribution < 1.29 is 9.90 Å². The smallest absolute Gasteiger partial charge is 0.255 e. The zero-order chi connectivity index (χ0) is 11.4. The third kappa shape index (κ3) is 3.21. The molecule has 0 heterocycles. The quantitative estimate of drug-likeness (QED) is 0.661. The molecule has 0 bridgehead atoms. The van der Waals surface area contributed by atoms with E-state index in [-0.39, 0.29) is 28.8 Å². The largest absolute Gasteiger partial charge is 0.507 e. The highest BCUT2D eigenvalue weighted by molar-refractivity contribution is 7.80. The first-order valence-electron chi connectivity index (χ1n) is 4.37. The lowest BCUT2D eigenvalue weighted by molar-refractivity contribution is 0.0956. The number of nitrogens with one attached hydrogen (secondary N) is 1. The molecule has 0 saturated heterocycles. The number of hydrogen-bond acceptors (Lipinski definition) is 3. The standard InChI is InChI=1S/C10H12N2O2S/c1-6-2-3-8(13)7(4-6)10(14)12-5-9(11)15/h2-4,13H,5H2,1H3,(H2,11,15)(H,12,14). The number of aromatic hydroxyl groups is 1. The molecule has 1 aromatic carbocycles. The SMILES string of the molecule is Cc1ccc(O)c(C(=O)NCC(N)=S)c1. The maximum absolute atomic E-state index is 11.5. The second-order valence-electron chi connectivity index (χ2n) is 3.17. The van der Waals surface area contributed by atoms with Gasteiger partial charge in [0.05, 0.1) is 17.1 Å². The Labute approximate surface area is 93.1 Å². The summed E-state index contributed by atoms with van der Waals surface area (Å²) in [5.41, 5.74) is 6.37. The molecule has 0 radical (unpaired) electrons. The molecule has 1 aromatic rings. The third-order valence-electron chi connectivity index (χ3n) is 1.82. The molecule has 1 rings (SSSR count). The van der Waals surface area contributed by atoms with Crippen molar-refractivity contribution in [3.8, 4) is 5.75 Å². The lowest BCUT2D eigenvalue weighted by Crippen LogP contribution is -2.32. The molecule has 0 spiro atoms. The fraction of sp³-hybridized carbons (Fsp3) is 0.200. The average molecular weight is 224 g/mol. The Morgan fingerprint density at radius 2 is 2.27 bits per heavy atom. The van der Waals surface area contributed by atoms with Crippen LogP contribution >= 0.6 is 12.2 Å². The number of phenols is 1. The van der Waals surface area contributed by atoms with Gasteiger partial charge in [-0.05, 0) is 19.1 Å². The van der Waals surface area contributed by atoms with Crippen LogP contribution in [0.2, 0.25) is 0 Å². The van der Waals surface area contributed by atoms with Crippen molar-refractivity contribution >= 4 is 23.1 Å². The molecule has 80 valence electrons. The highest BCUT2D eigenvalue weighted by Gasteiger charge is 2.10. The van der Waals surface area contributed by atoms with Gasteiger partial charge < -0.3 is 16.2 Å². The van der Waals surface area contributed by atoms with E-state index in [0.29, 0.717) is 0 Å². The highest BCUT2D eigenvalue weighted by atomic mass is 32.1. The molecule has 0 aliphatic carbocycles. The molecule has 0 fully saturated rings. The summed E-state index contributed by atoms with van der Waals surface area (Å²) >= 11 is 4.62. The molecule has 4 N–H and O–H groups in total. The van der Waals surface area contributed by atoms with E-state index in [1.54, 1.807) is 12.1 Å². The number of thiocarbonyl (C=S) groups is 1. The van der Waals surface area contributed by atoms with Crippen LogP contribution in [-0.2, 0) is 0 Å². The minimum Gasteiger partial charge on any atom is -0.507 e. The molecule has 0 atom stereocenters. The van der Waals surface area contributed by atoms with E-state index < -0.39 is 0 Å². The van der Waals surface area contributed by atoms with Crippen LogP contribution in [-0.4, -0.2) is 22.5 Å². The molecule has 0 aliphatic rings. The van der Waals surface area contributed by atoms with Crippen molar-refractivity contribution in [2.45, 2.75) is 6.92 Å². The Morgan fingerprint density at radius 1 is 1.60 bits per heavy atom. The first kappa shape index (κ1) is 11.5. The third-order valence-corrected chi connectivity index (χ3v) is 1.96. The first-order chi connectivity index (χ1) is 7.00.